The topological polar surface area (TPSA) is 66.9 Å². The number of thiophene rings is 1. The van der Waals surface area contributed by atoms with Crippen molar-refractivity contribution in [3.63, 3.8) is 0 Å². The first kappa shape index (κ1) is 20.8. The van der Waals surface area contributed by atoms with Gasteiger partial charge in [-0.15, -0.1) is 11.3 Å². The minimum absolute atomic E-state index is 0.0274. The SMILES string of the molecule is COc1cccc(S(=O)(=O)N2CCC(c3c(C(=O)N(C)C)sc4ccccc34)C2)c1. The van der Waals surface area contributed by atoms with Gasteiger partial charge in [0.15, 0.2) is 0 Å². The Kier molecular flexibility index (Phi) is 5.57. The maximum atomic E-state index is 13.2. The summed E-state index contributed by atoms with van der Waals surface area (Å²) >= 11 is 1.48. The maximum absolute atomic E-state index is 13.2. The van der Waals surface area contributed by atoms with Crippen LogP contribution in [0.4, 0.5) is 0 Å². The average molecular weight is 445 g/mol. The monoisotopic (exact) mass is 444 g/mol. The molecule has 6 nitrogen and oxygen atoms in total. The summed E-state index contributed by atoms with van der Waals surface area (Å²) in [6, 6.07) is 14.5. The average Bonchev–Trinajstić information content (AvgIpc) is 3.38. The van der Waals surface area contributed by atoms with Crippen molar-refractivity contribution in [3.05, 3.63) is 59.0 Å². The Morgan fingerprint density at radius 2 is 1.93 bits per heavy atom. The van der Waals surface area contributed by atoms with Gasteiger partial charge >= 0.3 is 0 Å². The van der Waals surface area contributed by atoms with Crippen molar-refractivity contribution in [2.75, 3.05) is 34.3 Å². The highest BCUT2D eigenvalue weighted by Gasteiger charge is 2.36. The molecule has 0 spiro atoms. The summed E-state index contributed by atoms with van der Waals surface area (Å²) in [7, 11) is 1.36. The molecule has 1 unspecified atom stereocenters. The molecule has 4 rings (SSSR count). The maximum Gasteiger partial charge on any atom is 0.263 e. The normalized spacial score (nSPS) is 17.4. The molecule has 0 saturated carbocycles. The molecular formula is C22H24N2O4S2. The molecular weight excluding hydrogens is 420 g/mol. The van der Waals surface area contributed by atoms with Crippen molar-refractivity contribution in [1.82, 2.24) is 9.21 Å². The summed E-state index contributed by atoms with van der Waals surface area (Å²) in [5, 5.41) is 1.04. The predicted octanol–water partition coefficient (Wildman–Crippen LogP) is 3.79. The number of rotatable bonds is 5. The second kappa shape index (κ2) is 8.02. The van der Waals surface area contributed by atoms with Crippen LogP contribution in [-0.4, -0.2) is 57.8 Å². The second-order valence-electron chi connectivity index (χ2n) is 7.57. The Labute approximate surface area is 180 Å². The highest BCUT2D eigenvalue weighted by atomic mass is 32.2. The molecule has 3 aromatic rings. The van der Waals surface area contributed by atoms with Gasteiger partial charge in [0.05, 0.1) is 16.9 Å². The number of sulfonamides is 1. The van der Waals surface area contributed by atoms with Gasteiger partial charge in [0.1, 0.15) is 5.75 Å². The zero-order valence-corrected chi connectivity index (χ0v) is 18.8. The lowest BCUT2D eigenvalue weighted by molar-refractivity contribution is 0.0831. The molecule has 1 aliphatic heterocycles. The van der Waals surface area contributed by atoms with Crippen molar-refractivity contribution in [2.45, 2.75) is 17.2 Å². The fraction of sp³-hybridized carbons (Fsp3) is 0.318. The molecule has 2 aromatic carbocycles. The first-order valence-electron chi connectivity index (χ1n) is 9.70. The van der Waals surface area contributed by atoms with Gasteiger partial charge in [-0.25, -0.2) is 8.42 Å². The highest BCUT2D eigenvalue weighted by molar-refractivity contribution is 7.89. The highest BCUT2D eigenvalue weighted by Crippen LogP contribution is 2.41. The van der Waals surface area contributed by atoms with E-state index < -0.39 is 10.0 Å². The fourth-order valence-corrected chi connectivity index (χ4v) is 6.77. The minimum Gasteiger partial charge on any atom is -0.497 e. The van der Waals surface area contributed by atoms with E-state index in [2.05, 4.69) is 0 Å². The van der Waals surface area contributed by atoms with Crippen LogP contribution in [0.5, 0.6) is 5.75 Å². The Morgan fingerprint density at radius 3 is 2.67 bits per heavy atom. The van der Waals surface area contributed by atoms with E-state index in [-0.39, 0.29) is 16.7 Å². The smallest absolute Gasteiger partial charge is 0.263 e. The number of nitrogens with zero attached hydrogens (tertiary/aromatic N) is 2. The molecule has 30 heavy (non-hydrogen) atoms. The van der Waals surface area contributed by atoms with Gasteiger partial charge in [0.25, 0.3) is 5.91 Å². The minimum atomic E-state index is -3.64. The molecule has 1 saturated heterocycles. The van der Waals surface area contributed by atoms with Gasteiger partial charge in [0.2, 0.25) is 10.0 Å². The van der Waals surface area contributed by atoms with E-state index in [0.717, 1.165) is 15.6 Å². The van der Waals surface area contributed by atoms with Crippen LogP contribution in [0.15, 0.2) is 53.4 Å². The molecule has 2 heterocycles. The first-order chi connectivity index (χ1) is 14.3. The number of carbonyl (C=O) groups excluding carboxylic acids is 1. The molecule has 0 N–H and O–H groups in total. The molecule has 1 atom stereocenters. The quantitative estimate of drug-likeness (QED) is 0.601. The number of ether oxygens (including phenoxy) is 1. The molecule has 1 amide bonds. The van der Waals surface area contributed by atoms with E-state index in [1.165, 1.54) is 22.8 Å². The van der Waals surface area contributed by atoms with Crippen molar-refractivity contribution < 1.29 is 17.9 Å². The Bertz CT molecular complexity index is 1200. The van der Waals surface area contributed by atoms with Crippen LogP contribution in [0.25, 0.3) is 10.1 Å². The lowest BCUT2D eigenvalue weighted by Gasteiger charge is -2.18. The van der Waals surface area contributed by atoms with Crippen LogP contribution in [0.1, 0.15) is 27.6 Å². The summed E-state index contributed by atoms with van der Waals surface area (Å²) in [5.74, 6) is 0.440. The van der Waals surface area contributed by atoms with Crippen molar-refractivity contribution >= 4 is 37.4 Å². The standard InChI is InChI=1S/C22H24N2O4S2/c1-23(2)22(25)21-20(18-9-4-5-10-19(18)29-21)15-11-12-24(14-15)30(26,27)17-8-6-7-16(13-17)28-3/h4-10,13,15H,11-12,14H2,1-3H3. The lowest BCUT2D eigenvalue weighted by atomic mass is 9.95. The summed E-state index contributed by atoms with van der Waals surface area (Å²) in [6.45, 7) is 0.776. The molecule has 1 aromatic heterocycles. The van der Waals surface area contributed by atoms with Gasteiger partial charge in [-0.3, -0.25) is 4.79 Å². The molecule has 0 bridgehead atoms. The van der Waals surface area contributed by atoms with E-state index in [9.17, 15) is 13.2 Å². The Morgan fingerprint density at radius 1 is 1.17 bits per heavy atom. The van der Waals surface area contributed by atoms with Crippen LogP contribution in [-0.2, 0) is 10.0 Å². The summed E-state index contributed by atoms with van der Waals surface area (Å²) < 4.78 is 34.2. The Hall–Kier alpha value is -2.42. The number of hydrogen-bond donors (Lipinski definition) is 0. The molecule has 1 aliphatic rings. The summed E-state index contributed by atoms with van der Waals surface area (Å²) in [5.41, 5.74) is 0.970. The van der Waals surface area contributed by atoms with Gasteiger partial charge in [-0.05, 0) is 35.6 Å². The second-order valence-corrected chi connectivity index (χ2v) is 10.6. The number of amides is 1. The Balaban J connectivity index is 1.70. The van der Waals surface area contributed by atoms with E-state index in [1.807, 2.05) is 24.3 Å². The van der Waals surface area contributed by atoms with Crippen molar-refractivity contribution in [1.29, 1.82) is 0 Å². The fourth-order valence-electron chi connectivity index (χ4n) is 3.93. The van der Waals surface area contributed by atoms with E-state index in [0.29, 0.717) is 30.1 Å². The third kappa shape index (κ3) is 3.59. The number of benzene rings is 2. The largest absolute Gasteiger partial charge is 0.497 e. The van der Waals surface area contributed by atoms with E-state index in [4.69, 9.17) is 4.74 Å². The lowest BCUT2D eigenvalue weighted by Crippen LogP contribution is -2.29. The van der Waals surface area contributed by atoms with Crippen LogP contribution < -0.4 is 4.74 Å². The van der Waals surface area contributed by atoms with Gasteiger partial charge in [-0.1, -0.05) is 24.3 Å². The summed E-state index contributed by atoms with van der Waals surface area (Å²) in [6.07, 6.45) is 0.678. The molecule has 0 aliphatic carbocycles. The molecule has 1 fully saturated rings. The van der Waals surface area contributed by atoms with Crippen molar-refractivity contribution in [2.24, 2.45) is 0 Å². The van der Waals surface area contributed by atoms with Crippen LogP contribution in [0, 0.1) is 0 Å². The number of carbonyl (C=O) groups is 1. The van der Waals surface area contributed by atoms with Crippen LogP contribution >= 0.6 is 11.3 Å². The third-order valence-electron chi connectivity index (χ3n) is 5.47. The molecule has 8 heteroatoms. The first-order valence-corrected chi connectivity index (χ1v) is 12.0. The summed E-state index contributed by atoms with van der Waals surface area (Å²) in [4.78, 5) is 15.4. The van der Waals surface area contributed by atoms with Gasteiger partial charge in [0, 0.05) is 43.9 Å². The van der Waals surface area contributed by atoms with Crippen LogP contribution in [0.3, 0.4) is 0 Å². The predicted molar refractivity (Wildman–Crippen MR) is 119 cm³/mol. The van der Waals surface area contributed by atoms with E-state index in [1.54, 1.807) is 43.3 Å². The van der Waals surface area contributed by atoms with Gasteiger partial charge < -0.3 is 9.64 Å². The number of hydrogen-bond acceptors (Lipinski definition) is 5. The molecule has 158 valence electrons. The van der Waals surface area contributed by atoms with E-state index >= 15 is 0 Å². The zero-order chi connectivity index (χ0) is 21.5. The number of fused-ring (bicyclic) bond motifs is 1. The molecule has 0 radical (unpaired) electrons. The third-order valence-corrected chi connectivity index (χ3v) is 8.51. The van der Waals surface area contributed by atoms with Crippen molar-refractivity contribution in [3.8, 4) is 5.75 Å². The number of methoxy groups -OCH3 is 1. The zero-order valence-electron chi connectivity index (χ0n) is 17.2. The van der Waals surface area contributed by atoms with Gasteiger partial charge in [-0.2, -0.15) is 4.31 Å². The van der Waals surface area contributed by atoms with Crippen LogP contribution in [0.2, 0.25) is 0 Å².